The lowest BCUT2D eigenvalue weighted by Crippen LogP contribution is -2.25. The van der Waals surface area contributed by atoms with Gasteiger partial charge in [0.2, 0.25) is 5.91 Å². The topological polar surface area (TPSA) is 41.5 Å². The fourth-order valence-electron chi connectivity index (χ4n) is 2.28. The molecule has 2 aromatic rings. The monoisotopic (exact) mass is 374 g/mol. The molecule has 1 fully saturated rings. The first-order chi connectivity index (χ1) is 10.6. The Hall–Kier alpha value is -1.59. The maximum Gasteiger partial charge on any atom is 0.239 e. The largest absolute Gasteiger partial charge is 0.304 e. The van der Waals surface area contributed by atoms with Gasteiger partial charge in [-0.15, -0.1) is 0 Å². The molecule has 0 unspecified atom stereocenters. The summed E-state index contributed by atoms with van der Waals surface area (Å²) < 4.78 is 1.01. The lowest BCUT2D eigenvalue weighted by Gasteiger charge is -2.06. The maximum absolute atomic E-state index is 12.1. The highest BCUT2D eigenvalue weighted by Gasteiger charge is 2.30. The highest BCUT2D eigenvalue weighted by molar-refractivity contribution is 9.10. The Bertz CT molecular complexity index is 728. The van der Waals surface area contributed by atoms with Crippen LogP contribution in [0.5, 0.6) is 0 Å². The van der Waals surface area contributed by atoms with Gasteiger partial charge in [-0.05, 0) is 43.2 Å². The number of hydrogen-bond donors (Lipinski definition) is 1. The number of amides is 1. The van der Waals surface area contributed by atoms with Gasteiger partial charge in [0.1, 0.15) is 0 Å². The first kappa shape index (κ1) is 15.3. The SMILES string of the molecule is Cc1cccc(C[C@H]2SC(=Nc3ccc(Br)cc3)NC2=O)c1. The van der Waals surface area contributed by atoms with Gasteiger partial charge in [0, 0.05) is 4.47 Å². The van der Waals surface area contributed by atoms with E-state index in [4.69, 9.17) is 0 Å². The molecule has 3 nitrogen and oxygen atoms in total. The molecule has 1 aliphatic rings. The Morgan fingerprint density at radius 3 is 2.73 bits per heavy atom. The summed E-state index contributed by atoms with van der Waals surface area (Å²) in [5.41, 5.74) is 3.23. The third kappa shape index (κ3) is 3.78. The fraction of sp³-hybridized carbons (Fsp3) is 0.176. The number of nitrogens with one attached hydrogen (secondary N) is 1. The number of amidine groups is 1. The summed E-state index contributed by atoms with van der Waals surface area (Å²) in [6.07, 6.45) is 0.720. The van der Waals surface area contributed by atoms with Gasteiger partial charge in [-0.1, -0.05) is 57.5 Å². The third-order valence-electron chi connectivity index (χ3n) is 3.34. The number of carbonyl (C=O) groups is 1. The van der Waals surface area contributed by atoms with E-state index in [0.29, 0.717) is 5.17 Å². The number of benzene rings is 2. The number of aryl methyl sites for hydroxylation is 1. The molecule has 1 heterocycles. The molecule has 2 aromatic carbocycles. The van der Waals surface area contributed by atoms with Gasteiger partial charge in [0.05, 0.1) is 10.9 Å². The lowest BCUT2D eigenvalue weighted by molar-refractivity contribution is -0.118. The van der Waals surface area contributed by atoms with Gasteiger partial charge < -0.3 is 5.32 Å². The van der Waals surface area contributed by atoms with Crippen molar-refractivity contribution >= 4 is 44.5 Å². The average molecular weight is 375 g/mol. The van der Waals surface area contributed by atoms with Crippen LogP contribution in [-0.4, -0.2) is 16.3 Å². The van der Waals surface area contributed by atoms with E-state index >= 15 is 0 Å². The molecule has 1 N–H and O–H groups in total. The van der Waals surface area contributed by atoms with Gasteiger partial charge in [-0.25, -0.2) is 4.99 Å². The second-order valence-electron chi connectivity index (χ2n) is 5.18. The predicted molar refractivity (Wildman–Crippen MR) is 95.6 cm³/mol. The van der Waals surface area contributed by atoms with Crippen molar-refractivity contribution in [2.75, 3.05) is 0 Å². The van der Waals surface area contributed by atoms with E-state index in [2.05, 4.69) is 51.4 Å². The molecule has 1 aliphatic heterocycles. The minimum atomic E-state index is -0.115. The van der Waals surface area contributed by atoms with E-state index in [1.165, 1.54) is 22.9 Å². The van der Waals surface area contributed by atoms with Crippen molar-refractivity contribution < 1.29 is 4.79 Å². The van der Waals surface area contributed by atoms with Crippen LogP contribution in [0, 0.1) is 6.92 Å². The van der Waals surface area contributed by atoms with E-state index in [1.54, 1.807) is 0 Å². The second kappa shape index (κ2) is 6.67. The summed E-state index contributed by atoms with van der Waals surface area (Å²) in [6.45, 7) is 2.06. The second-order valence-corrected chi connectivity index (χ2v) is 7.29. The molecule has 1 amide bonds. The highest BCUT2D eigenvalue weighted by Crippen LogP contribution is 2.26. The molecule has 0 saturated carbocycles. The number of nitrogens with zero attached hydrogens (tertiary/aromatic N) is 1. The fourth-order valence-corrected chi connectivity index (χ4v) is 3.57. The van der Waals surface area contributed by atoms with Crippen molar-refractivity contribution in [3.63, 3.8) is 0 Å². The Balaban J connectivity index is 1.71. The number of rotatable bonds is 3. The average Bonchev–Trinajstić information content (AvgIpc) is 2.81. The van der Waals surface area contributed by atoms with Crippen molar-refractivity contribution in [2.24, 2.45) is 4.99 Å². The summed E-state index contributed by atoms with van der Waals surface area (Å²) in [5, 5.41) is 3.42. The normalized spacial score (nSPS) is 19.5. The Morgan fingerprint density at radius 1 is 1.23 bits per heavy atom. The predicted octanol–water partition coefficient (Wildman–Crippen LogP) is 4.22. The van der Waals surface area contributed by atoms with Crippen LogP contribution >= 0.6 is 27.7 Å². The van der Waals surface area contributed by atoms with Crippen LogP contribution < -0.4 is 5.32 Å². The van der Waals surface area contributed by atoms with Gasteiger partial charge >= 0.3 is 0 Å². The van der Waals surface area contributed by atoms with E-state index in [9.17, 15) is 4.79 Å². The molecule has 0 aromatic heterocycles. The van der Waals surface area contributed by atoms with Crippen molar-refractivity contribution in [2.45, 2.75) is 18.6 Å². The highest BCUT2D eigenvalue weighted by atomic mass is 79.9. The molecule has 1 saturated heterocycles. The van der Waals surface area contributed by atoms with Crippen LogP contribution in [0.25, 0.3) is 0 Å². The molecule has 0 radical (unpaired) electrons. The molecule has 112 valence electrons. The van der Waals surface area contributed by atoms with Crippen molar-refractivity contribution in [3.05, 3.63) is 64.1 Å². The van der Waals surface area contributed by atoms with Crippen LogP contribution in [0.2, 0.25) is 0 Å². The zero-order chi connectivity index (χ0) is 15.5. The number of hydrogen-bond acceptors (Lipinski definition) is 3. The van der Waals surface area contributed by atoms with Gasteiger partial charge in [0.25, 0.3) is 0 Å². The lowest BCUT2D eigenvalue weighted by atomic mass is 10.1. The first-order valence-corrected chi connectivity index (χ1v) is 8.65. The maximum atomic E-state index is 12.1. The molecule has 0 bridgehead atoms. The molecule has 5 heteroatoms. The number of aliphatic imine (C=N–C) groups is 1. The number of halogens is 1. The van der Waals surface area contributed by atoms with Crippen molar-refractivity contribution in [3.8, 4) is 0 Å². The standard InChI is InChI=1S/C17H15BrN2OS/c1-11-3-2-4-12(9-11)10-15-16(21)20-17(22-15)19-14-7-5-13(18)6-8-14/h2-9,15H,10H2,1H3,(H,19,20,21)/t15-/m1/s1. The Morgan fingerprint density at radius 2 is 2.00 bits per heavy atom. The summed E-state index contributed by atoms with van der Waals surface area (Å²) >= 11 is 4.89. The number of carbonyl (C=O) groups excluding carboxylic acids is 1. The summed E-state index contributed by atoms with van der Waals surface area (Å²) in [4.78, 5) is 16.6. The molecule has 1 atom stereocenters. The molecule has 0 spiro atoms. The van der Waals surface area contributed by atoms with Gasteiger partial charge in [-0.2, -0.15) is 0 Å². The smallest absolute Gasteiger partial charge is 0.239 e. The van der Waals surface area contributed by atoms with Crippen LogP contribution in [0.4, 0.5) is 5.69 Å². The zero-order valence-corrected chi connectivity index (χ0v) is 14.4. The molecule has 3 rings (SSSR count). The van der Waals surface area contributed by atoms with E-state index in [0.717, 1.165) is 16.6 Å². The van der Waals surface area contributed by atoms with Crippen LogP contribution in [0.3, 0.4) is 0 Å². The van der Waals surface area contributed by atoms with E-state index in [1.807, 2.05) is 30.3 Å². The van der Waals surface area contributed by atoms with E-state index < -0.39 is 0 Å². The van der Waals surface area contributed by atoms with E-state index in [-0.39, 0.29) is 11.2 Å². The minimum Gasteiger partial charge on any atom is -0.304 e. The Kier molecular flexibility index (Phi) is 4.64. The van der Waals surface area contributed by atoms with Crippen LogP contribution in [0.15, 0.2) is 58.0 Å². The summed E-state index contributed by atoms with van der Waals surface area (Å²) in [6, 6.07) is 16.0. The summed E-state index contributed by atoms with van der Waals surface area (Å²) in [7, 11) is 0. The molecular formula is C17H15BrN2OS. The first-order valence-electron chi connectivity index (χ1n) is 6.97. The van der Waals surface area contributed by atoms with Crippen LogP contribution in [0.1, 0.15) is 11.1 Å². The van der Waals surface area contributed by atoms with Crippen molar-refractivity contribution in [1.82, 2.24) is 5.32 Å². The Labute approximate surface area is 142 Å². The molecule has 22 heavy (non-hydrogen) atoms. The van der Waals surface area contributed by atoms with Gasteiger partial charge in [0.15, 0.2) is 5.17 Å². The number of thioether (sulfide) groups is 1. The zero-order valence-electron chi connectivity index (χ0n) is 12.0. The minimum absolute atomic E-state index is 0.0300. The van der Waals surface area contributed by atoms with Crippen LogP contribution in [-0.2, 0) is 11.2 Å². The van der Waals surface area contributed by atoms with Gasteiger partial charge in [-0.3, -0.25) is 4.79 Å². The third-order valence-corrected chi connectivity index (χ3v) is 4.95. The molecular weight excluding hydrogens is 360 g/mol. The quantitative estimate of drug-likeness (QED) is 0.873. The summed E-state index contributed by atoms with van der Waals surface area (Å²) in [5.74, 6) is 0.0300. The van der Waals surface area contributed by atoms with Crippen molar-refractivity contribution in [1.29, 1.82) is 0 Å². The molecule has 0 aliphatic carbocycles.